The first-order chi connectivity index (χ1) is 18.6. The first kappa shape index (κ1) is 23.5. The molecule has 6 heteroatoms. The molecule has 0 radical (unpaired) electrons. The summed E-state index contributed by atoms with van der Waals surface area (Å²) < 4.78 is 7.62. The van der Waals surface area contributed by atoms with Gasteiger partial charge in [-0.15, -0.1) is 0 Å². The summed E-state index contributed by atoms with van der Waals surface area (Å²) in [7, 11) is 2.10. The summed E-state index contributed by atoms with van der Waals surface area (Å²) in [6, 6.07) is 15.0. The van der Waals surface area contributed by atoms with Crippen LogP contribution in [0, 0.1) is 0 Å². The van der Waals surface area contributed by atoms with Crippen LogP contribution in [0.2, 0.25) is 0 Å². The predicted molar refractivity (Wildman–Crippen MR) is 151 cm³/mol. The molecule has 3 heterocycles. The van der Waals surface area contributed by atoms with E-state index in [1.165, 1.54) is 42.3 Å². The Kier molecular flexibility index (Phi) is 5.75. The highest BCUT2D eigenvalue weighted by molar-refractivity contribution is 5.91. The predicted octanol–water partition coefficient (Wildman–Crippen LogP) is 7.72. The summed E-state index contributed by atoms with van der Waals surface area (Å²) in [6.07, 6.45) is 13.8. The topological polar surface area (TPSA) is 68.0 Å². The molecule has 2 N–H and O–H groups in total. The molecule has 2 fully saturated rings. The standard InChI is InChI=1S/C32H34N4O2/c1-3-21-10-12-26-28(18-21)36(2)31(34-26)32(14-6-15-32)35-38-19-22-9-11-25-27(17-22)33-30(24-13-16-37-20-24)29(25)23-7-4-5-8-23/h3,9-13,16-18,20,23,33,35H,1,4-8,14-15,19H2,2H3. The fourth-order valence-corrected chi connectivity index (χ4v) is 6.55. The number of nitrogens with one attached hydrogen (secondary N) is 2. The fourth-order valence-electron chi connectivity index (χ4n) is 6.55. The van der Waals surface area contributed by atoms with Crippen LogP contribution in [-0.2, 0) is 24.0 Å². The maximum Gasteiger partial charge on any atom is 0.132 e. The van der Waals surface area contributed by atoms with E-state index in [4.69, 9.17) is 14.2 Å². The van der Waals surface area contributed by atoms with Crippen LogP contribution in [0.1, 0.15) is 73.4 Å². The zero-order valence-corrected chi connectivity index (χ0v) is 21.9. The lowest BCUT2D eigenvalue weighted by molar-refractivity contribution is -0.0713. The Hall–Kier alpha value is -3.61. The van der Waals surface area contributed by atoms with E-state index in [1.54, 1.807) is 6.26 Å². The van der Waals surface area contributed by atoms with E-state index in [2.05, 4.69) is 71.1 Å². The molecule has 7 rings (SSSR count). The zero-order valence-electron chi connectivity index (χ0n) is 21.9. The Bertz CT molecular complexity index is 1610. The number of rotatable bonds is 8. The van der Waals surface area contributed by atoms with Crippen molar-refractivity contribution in [1.29, 1.82) is 0 Å². The van der Waals surface area contributed by atoms with Crippen molar-refractivity contribution in [3.8, 4) is 11.3 Å². The Labute approximate surface area is 222 Å². The molecule has 2 aliphatic rings. The summed E-state index contributed by atoms with van der Waals surface area (Å²) in [4.78, 5) is 14.9. The van der Waals surface area contributed by atoms with Crippen LogP contribution in [0.3, 0.4) is 0 Å². The lowest BCUT2D eigenvalue weighted by Crippen LogP contribution is -2.49. The Morgan fingerprint density at radius 3 is 2.76 bits per heavy atom. The molecule has 194 valence electrons. The zero-order chi connectivity index (χ0) is 25.7. The number of nitrogens with zero attached hydrogens (tertiary/aromatic N) is 2. The van der Waals surface area contributed by atoms with Crippen LogP contribution < -0.4 is 5.48 Å². The number of hydrogen-bond acceptors (Lipinski definition) is 4. The van der Waals surface area contributed by atoms with E-state index in [0.717, 1.165) is 58.3 Å². The maximum absolute atomic E-state index is 6.19. The lowest BCUT2D eigenvalue weighted by atomic mass is 9.76. The number of benzene rings is 2. The molecule has 0 spiro atoms. The van der Waals surface area contributed by atoms with Crippen LogP contribution >= 0.6 is 0 Å². The van der Waals surface area contributed by atoms with Gasteiger partial charge in [-0.1, -0.05) is 43.7 Å². The smallest absolute Gasteiger partial charge is 0.132 e. The van der Waals surface area contributed by atoms with Gasteiger partial charge in [-0.05, 0) is 79.0 Å². The molecule has 2 aliphatic carbocycles. The molecular weight excluding hydrogens is 472 g/mol. The van der Waals surface area contributed by atoms with Crippen molar-refractivity contribution < 1.29 is 9.25 Å². The Morgan fingerprint density at radius 2 is 2.03 bits per heavy atom. The number of H-pyrrole nitrogens is 1. The second-order valence-corrected chi connectivity index (χ2v) is 11.1. The minimum atomic E-state index is -0.261. The monoisotopic (exact) mass is 506 g/mol. The molecular formula is C32H34N4O2. The third-order valence-corrected chi connectivity index (χ3v) is 8.76. The minimum absolute atomic E-state index is 0.261. The van der Waals surface area contributed by atoms with Crippen molar-refractivity contribution >= 4 is 28.0 Å². The van der Waals surface area contributed by atoms with Gasteiger partial charge in [0, 0.05) is 23.5 Å². The summed E-state index contributed by atoms with van der Waals surface area (Å²) in [5, 5.41) is 1.32. The molecule has 0 aliphatic heterocycles. The van der Waals surface area contributed by atoms with Crippen molar-refractivity contribution in [2.75, 3.05) is 0 Å². The highest BCUT2D eigenvalue weighted by Crippen LogP contribution is 2.44. The minimum Gasteiger partial charge on any atom is -0.472 e. The largest absolute Gasteiger partial charge is 0.472 e. The van der Waals surface area contributed by atoms with Crippen molar-refractivity contribution in [2.24, 2.45) is 7.05 Å². The van der Waals surface area contributed by atoms with Crippen molar-refractivity contribution in [3.63, 3.8) is 0 Å². The Morgan fingerprint density at radius 1 is 1.16 bits per heavy atom. The van der Waals surface area contributed by atoms with Crippen molar-refractivity contribution in [2.45, 2.75) is 63.0 Å². The molecule has 5 aromatic rings. The number of hydrogen-bond donors (Lipinski definition) is 2. The molecule has 6 nitrogen and oxygen atoms in total. The van der Waals surface area contributed by atoms with Gasteiger partial charge in [0.25, 0.3) is 0 Å². The first-order valence-corrected chi connectivity index (χ1v) is 13.8. The van der Waals surface area contributed by atoms with Gasteiger partial charge in [0.1, 0.15) is 11.4 Å². The highest BCUT2D eigenvalue weighted by Gasteiger charge is 2.43. The summed E-state index contributed by atoms with van der Waals surface area (Å²) >= 11 is 0. The van der Waals surface area contributed by atoms with E-state index in [9.17, 15) is 0 Å². The van der Waals surface area contributed by atoms with Gasteiger partial charge < -0.3 is 14.0 Å². The molecule has 0 unspecified atom stereocenters. The van der Waals surface area contributed by atoms with Crippen molar-refractivity contribution in [3.05, 3.63) is 84.1 Å². The second-order valence-electron chi connectivity index (χ2n) is 11.1. The molecule has 38 heavy (non-hydrogen) atoms. The number of hydroxylamine groups is 1. The van der Waals surface area contributed by atoms with E-state index in [0.29, 0.717) is 12.5 Å². The van der Waals surface area contributed by atoms with Gasteiger partial charge >= 0.3 is 0 Å². The molecule has 0 amide bonds. The SMILES string of the molecule is C=Cc1ccc2nc(C3(NOCc4ccc5c(C6CCCC6)c(-c6ccoc6)[nH]c5c4)CCC3)n(C)c2c1. The number of furan rings is 1. The number of fused-ring (bicyclic) bond motifs is 2. The maximum atomic E-state index is 6.19. The van der Waals surface area contributed by atoms with Crippen LogP contribution in [0.4, 0.5) is 0 Å². The fraction of sp³-hybridized carbons (Fsp3) is 0.344. The molecule has 2 aromatic carbocycles. The molecule has 2 saturated carbocycles. The van der Waals surface area contributed by atoms with Gasteiger partial charge in [0.05, 0.1) is 35.9 Å². The van der Waals surface area contributed by atoms with Crippen LogP contribution in [0.5, 0.6) is 0 Å². The number of aryl methyl sites for hydroxylation is 1. The van der Waals surface area contributed by atoms with Crippen molar-refractivity contribution in [1.82, 2.24) is 20.0 Å². The van der Waals surface area contributed by atoms with Crippen LogP contribution in [-0.4, -0.2) is 14.5 Å². The molecule has 0 bridgehead atoms. The number of aromatic nitrogens is 3. The number of aromatic amines is 1. The molecule has 3 aromatic heterocycles. The lowest BCUT2D eigenvalue weighted by Gasteiger charge is -2.41. The van der Waals surface area contributed by atoms with E-state index in [1.807, 2.05) is 12.3 Å². The molecule has 0 atom stereocenters. The van der Waals surface area contributed by atoms with Crippen LogP contribution in [0.25, 0.3) is 39.3 Å². The summed E-state index contributed by atoms with van der Waals surface area (Å²) in [6.45, 7) is 4.40. The summed E-state index contributed by atoms with van der Waals surface area (Å²) in [5.74, 6) is 1.64. The highest BCUT2D eigenvalue weighted by atomic mass is 16.6. The van der Waals surface area contributed by atoms with Crippen LogP contribution in [0.15, 0.2) is 66.0 Å². The van der Waals surface area contributed by atoms with E-state index < -0.39 is 0 Å². The average molecular weight is 507 g/mol. The average Bonchev–Trinajstić information content (AvgIpc) is 3.72. The normalized spacial score (nSPS) is 17.4. The molecule has 0 saturated heterocycles. The summed E-state index contributed by atoms with van der Waals surface area (Å²) in [5.41, 5.74) is 12.5. The van der Waals surface area contributed by atoms with Gasteiger partial charge in [0.15, 0.2) is 0 Å². The van der Waals surface area contributed by atoms with Gasteiger partial charge in [-0.2, -0.15) is 5.48 Å². The third-order valence-electron chi connectivity index (χ3n) is 8.76. The Balaban J connectivity index is 1.13. The number of imidazole rings is 1. The quantitative estimate of drug-likeness (QED) is 0.211. The van der Waals surface area contributed by atoms with Gasteiger partial charge in [-0.25, -0.2) is 4.98 Å². The van der Waals surface area contributed by atoms with E-state index in [-0.39, 0.29) is 5.54 Å². The van der Waals surface area contributed by atoms with E-state index >= 15 is 0 Å². The van der Waals surface area contributed by atoms with Gasteiger partial charge in [0.2, 0.25) is 0 Å². The first-order valence-electron chi connectivity index (χ1n) is 13.8. The third kappa shape index (κ3) is 3.82. The second kappa shape index (κ2) is 9.29. The van der Waals surface area contributed by atoms with Gasteiger partial charge in [-0.3, -0.25) is 4.84 Å².